The number of carbonyl (C=O) groups is 1. The van der Waals surface area contributed by atoms with Crippen molar-refractivity contribution < 1.29 is 4.79 Å². The molecule has 0 spiro atoms. The van der Waals surface area contributed by atoms with Crippen molar-refractivity contribution in [3.8, 4) is 0 Å². The Hall–Kier alpha value is -3.12. The first-order chi connectivity index (χ1) is 14.6. The maximum absolute atomic E-state index is 12.7. The molecule has 152 valence electrons. The Morgan fingerprint density at radius 1 is 1.13 bits per heavy atom. The summed E-state index contributed by atoms with van der Waals surface area (Å²) in [6.45, 7) is 0. The molecule has 2 heterocycles. The van der Waals surface area contributed by atoms with Crippen LogP contribution >= 0.6 is 11.6 Å². The molecule has 0 unspecified atom stereocenters. The summed E-state index contributed by atoms with van der Waals surface area (Å²) in [4.78, 5) is 35.5. The van der Waals surface area contributed by atoms with Crippen LogP contribution in [0.15, 0.2) is 47.3 Å². The Balaban J connectivity index is 1.32. The molecule has 30 heavy (non-hydrogen) atoms. The monoisotopic (exact) mass is 420 g/mol. The van der Waals surface area contributed by atoms with Crippen LogP contribution in [0.2, 0.25) is 5.02 Å². The molecule has 0 saturated heterocycles. The van der Waals surface area contributed by atoms with Crippen LogP contribution < -0.4 is 10.9 Å². The summed E-state index contributed by atoms with van der Waals surface area (Å²) in [5, 5.41) is 5.52. The third kappa shape index (κ3) is 3.37. The van der Waals surface area contributed by atoms with E-state index < -0.39 is 0 Å². The molecular weight excluding hydrogens is 400 g/mol. The molecule has 5 rings (SSSR count). The smallest absolute Gasteiger partial charge is 0.258 e. The highest BCUT2D eigenvalue weighted by molar-refractivity contribution is 6.35. The van der Waals surface area contributed by atoms with E-state index in [9.17, 15) is 9.59 Å². The van der Waals surface area contributed by atoms with Gasteiger partial charge in [-0.1, -0.05) is 35.9 Å². The molecule has 7 heteroatoms. The summed E-state index contributed by atoms with van der Waals surface area (Å²) in [5.74, 6) is 0.462. The lowest BCUT2D eigenvalue weighted by Gasteiger charge is -2.23. The van der Waals surface area contributed by atoms with E-state index in [1.807, 2.05) is 24.3 Å². The predicted octanol–water partition coefficient (Wildman–Crippen LogP) is 4.18. The second kappa shape index (κ2) is 7.61. The summed E-state index contributed by atoms with van der Waals surface area (Å²) in [5.41, 5.74) is 3.69. The van der Waals surface area contributed by atoms with Crippen molar-refractivity contribution in [2.24, 2.45) is 0 Å². The zero-order chi connectivity index (χ0) is 20.7. The molecule has 2 aromatic heterocycles. The Morgan fingerprint density at radius 2 is 1.97 bits per heavy atom. The third-order valence-corrected chi connectivity index (χ3v) is 6.09. The Morgan fingerprint density at radius 3 is 2.87 bits per heavy atom. The number of halogens is 1. The van der Waals surface area contributed by atoms with Crippen LogP contribution in [0.1, 0.15) is 42.4 Å². The molecule has 0 bridgehead atoms. The lowest BCUT2D eigenvalue weighted by atomic mass is 9.91. The molecule has 4 aromatic rings. The number of rotatable bonds is 4. The van der Waals surface area contributed by atoms with Gasteiger partial charge in [-0.05, 0) is 43.0 Å². The van der Waals surface area contributed by atoms with Crippen molar-refractivity contribution in [1.82, 2.24) is 20.3 Å². The molecule has 0 fully saturated rings. The SMILES string of the molecule is O=C(CCc1nc2ccccc2c(=O)[nH]1)N[C@@H]1CCCc2c1[nH]c1c(Cl)cccc21. The van der Waals surface area contributed by atoms with Crippen LogP contribution in [-0.4, -0.2) is 20.9 Å². The summed E-state index contributed by atoms with van der Waals surface area (Å²) < 4.78 is 0. The van der Waals surface area contributed by atoms with Gasteiger partial charge < -0.3 is 15.3 Å². The highest BCUT2D eigenvalue weighted by Crippen LogP contribution is 2.36. The molecule has 2 aromatic carbocycles. The van der Waals surface area contributed by atoms with E-state index in [4.69, 9.17) is 11.6 Å². The number of para-hydroxylation sites is 2. The van der Waals surface area contributed by atoms with E-state index in [0.717, 1.165) is 35.9 Å². The van der Waals surface area contributed by atoms with Gasteiger partial charge in [0.2, 0.25) is 5.91 Å². The minimum absolute atomic E-state index is 0.0617. The number of aromatic amines is 2. The lowest BCUT2D eigenvalue weighted by Crippen LogP contribution is -2.31. The van der Waals surface area contributed by atoms with Gasteiger partial charge in [0, 0.05) is 23.9 Å². The van der Waals surface area contributed by atoms with Crippen molar-refractivity contribution in [3.05, 3.63) is 74.9 Å². The summed E-state index contributed by atoms with van der Waals surface area (Å²) in [7, 11) is 0. The van der Waals surface area contributed by atoms with Gasteiger partial charge in [-0.15, -0.1) is 0 Å². The maximum atomic E-state index is 12.7. The number of nitrogens with zero attached hydrogens (tertiary/aromatic N) is 1. The Labute approximate surface area is 177 Å². The number of carbonyl (C=O) groups excluding carboxylic acids is 1. The van der Waals surface area contributed by atoms with Crippen molar-refractivity contribution in [2.45, 2.75) is 38.1 Å². The number of fused-ring (bicyclic) bond motifs is 4. The number of hydrogen-bond acceptors (Lipinski definition) is 3. The normalized spacial score (nSPS) is 16.0. The van der Waals surface area contributed by atoms with Crippen molar-refractivity contribution >= 4 is 39.3 Å². The van der Waals surface area contributed by atoms with E-state index in [0.29, 0.717) is 28.2 Å². The first-order valence-electron chi connectivity index (χ1n) is 10.2. The molecule has 0 radical (unpaired) electrons. The second-order valence-electron chi connectivity index (χ2n) is 7.72. The van der Waals surface area contributed by atoms with Crippen molar-refractivity contribution in [1.29, 1.82) is 0 Å². The fourth-order valence-electron chi connectivity index (χ4n) is 4.35. The number of nitrogens with one attached hydrogen (secondary N) is 3. The molecular formula is C23H21ClN4O2. The maximum Gasteiger partial charge on any atom is 0.258 e. The number of H-pyrrole nitrogens is 2. The van der Waals surface area contributed by atoms with Crippen LogP contribution in [0.4, 0.5) is 0 Å². The number of aryl methyl sites for hydroxylation is 2. The van der Waals surface area contributed by atoms with Gasteiger partial charge in [0.05, 0.1) is 27.5 Å². The average Bonchev–Trinajstić information content (AvgIpc) is 3.14. The molecule has 1 atom stereocenters. The highest BCUT2D eigenvalue weighted by Gasteiger charge is 2.26. The number of hydrogen-bond donors (Lipinski definition) is 3. The van der Waals surface area contributed by atoms with Gasteiger partial charge in [0.1, 0.15) is 5.82 Å². The molecule has 0 saturated carbocycles. The van der Waals surface area contributed by atoms with Gasteiger partial charge >= 0.3 is 0 Å². The van der Waals surface area contributed by atoms with Crippen LogP contribution in [0.3, 0.4) is 0 Å². The minimum Gasteiger partial charge on any atom is -0.355 e. The van der Waals surface area contributed by atoms with Crippen LogP contribution in [0.25, 0.3) is 21.8 Å². The van der Waals surface area contributed by atoms with Crippen LogP contribution in [0, 0.1) is 0 Å². The second-order valence-corrected chi connectivity index (χ2v) is 8.13. The van der Waals surface area contributed by atoms with Crippen LogP contribution in [-0.2, 0) is 17.6 Å². The molecule has 1 amide bonds. The first-order valence-corrected chi connectivity index (χ1v) is 10.5. The molecule has 6 nitrogen and oxygen atoms in total. The summed E-state index contributed by atoms with van der Waals surface area (Å²) in [6, 6.07) is 13.0. The molecule has 1 aliphatic carbocycles. The summed E-state index contributed by atoms with van der Waals surface area (Å²) in [6.07, 6.45) is 3.51. The van der Waals surface area contributed by atoms with Gasteiger partial charge in [-0.2, -0.15) is 0 Å². The van der Waals surface area contributed by atoms with Gasteiger partial charge in [0.25, 0.3) is 5.56 Å². The topological polar surface area (TPSA) is 90.6 Å². The van der Waals surface area contributed by atoms with E-state index in [1.165, 1.54) is 5.56 Å². The van der Waals surface area contributed by atoms with Gasteiger partial charge in [-0.25, -0.2) is 4.98 Å². The van der Waals surface area contributed by atoms with Crippen molar-refractivity contribution in [3.63, 3.8) is 0 Å². The average molecular weight is 421 g/mol. The standard InChI is InChI=1S/C23H21ClN4O2/c24-16-8-3-6-13-14-7-4-10-18(22(14)28-21(13)16)26-20(29)12-11-19-25-17-9-2-1-5-15(17)23(30)27-19/h1-3,5-6,8-9,18,28H,4,7,10-12H2,(H,26,29)(H,25,27,30)/t18-/m1/s1. The number of benzene rings is 2. The third-order valence-electron chi connectivity index (χ3n) is 5.78. The van der Waals surface area contributed by atoms with Gasteiger partial charge in [-0.3, -0.25) is 9.59 Å². The van der Waals surface area contributed by atoms with Gasteiger partial charge in [0.15, 0.2) is 0 Å². The molecule has 3 N–H and O–H groups in total. The quantitative estimate of drug-likeness (QED) is 0.462. The van der Waals surface area contributed by atoms with Crippen LogP contribution in [0.5, 0.6) is 0 Å². The first kappa shape index (κ1) is 18.9. The molecule has 1 aliphatic rings. The van der Waals surface area contributed by atoms with Crippen molar-refractivity contribution in [2.75, 3.05) is 0 Å². The number of amides is 1. The Kier molecular flexibility index (Phi) is 4.79. The van der Waals surface area contributed by atoms with E-state index >= 15 is 0 Å². The highest BCUT2D eigenvalue weighted by atomic mass is 35.5. The molecule has 0 aliphatic heterocycles. The van der Waals surface area contributed by atoms with E-state index in [-0.39, 0.29) is 23.9 Å². The van der Waals surface area contributed by atoms with E-state index in [2.05, 4.69) is 26.3 Å². The zero-order valence-corrected chi connectivity index (χ0v) is 17.1. The largest absolute Gasteiger partial charge is 0.355 e. The van der Waals surface area contributed by atoms with E-state index in [1.54, 1.807) is 12.1 Å². The Bertz CT molecular complexity index is 1320. The predicted molar refractivity (Wildman–Crippen MR) is 118 cm³/mol. The number of aromatic nitrogens is 3. The summed E-state index contributed by atoms with van der Waals surface area (Å²) >= 11 is 6.35. The fraction of sp³-hybridized carbons (Fsp3) is 0.261. The zero-order valence-electron chi connectivity index (χ0n) is 16.3. The minimum atomic E-state index is -0.178. The lowest BCUT2D eigenvalue weighted by molar-refractivity contribution is -0.122. The fourth-order valence-corrected chi connectivity index (χ4v) is 4.57.